The Morgan fingerprint density at radius 1 is 1.50 bits per heavy atom. The van der Waals surface area contributed by atoms with Crippen LogP contribution in [-0.4, -0.2) is 30.4 Å². The third kappa shape index (κ3) is 3.81. The van der Waals surface area contributed by atoms with E-state index in [4.69, 9.17) is 14.2 Å². The number of hydrogen-bond acceptors (Lipinski definition) is 5. The SMILES string of the molecule is CCCCOC(=O)C[C@@H]1OC(C)(C)OC1=O. The minimum atomic E-state index is -0.939. The summed E-state index contributed by atoms with van der Waals surface area (Å²) >= 11 is 0. The normalized spacial score (nSPS) is 22.9. The van der Waals surface area contributed by atoms with Gasteiger partial charge >= 0.3 is 11.9 Å². The summed E-state index contributed by atoms with van der Waals surface area (Å²) in [7, 11) is 0. The van der Waals surface area contributed by atoms with Gasteiger partial charge in [0.25, 0.3) is 0 Å². The topological polar surface area (TPSA) is 61.8 Å². The lowest BCUT2D eigenvalue weighted by Crippen LogP contribution is -2.24. The van der Waals surface area contributed by atoms with Crippen LogP contribution in [0.2, 0.25) is 0 Å². The van der Waals surface area contributed by atoms with Crippen LogP contribution in [0.3, 0.4) is 0 Å². The summed E-state index contributed by atoms with van der Waals surface area (Å²) < 4.78 is 15.1. The van der Waals surface area contributed by atoms with E-state index < -0.39 is 23.8 Å². The fourth-order valence-corrected chi connectivity index (χ4v) is 1.39. The summed E-state index contributed by atoms with van der Waals surface area (Å²) in [5.41, 5.74) is 0. The molecule has 16 heavy (non-hydrogen) atoms. The molecular weight excluding hydrogens is 212 g/mol. The molecule has 0 aromatic carbocycles. The maximum atomic E-state index is 11.3. The van der Waals surface area contributed by atoms with Gasteiger partial charge in [0.1, 0.15) is 0 Å². The Morgan fingerprint density at radius 2 is 2.19 bits per heavy atom. The van der Waals surface area contributed by atoms with Crippen LogP contribution in [0, 0.1) is 0 Å². The van der Waals surface area contributed by atoms with E-state index in [1.54, 1.807) is 13.8 Å². The van der Waals surface area contributed by atoms with E-state index in [0.717, 1.165) is 12.8 Å². The highest BCUT2D eigenvalue weighted by atomic mass is 16.8. The van der Waals surface area contributed by atoms with Gasteiger partial charge in [-0.05, 0) is 6.42 Å². The highest BCUT2D eigenvalue weighted by Crippen LogP contribution is 2.25. The van der Waals surface area contributed by atoms with E-state index in [9.17, 15) is 9.59 Å². The molecular formula is C11H18O5. The maximum Gasteiger partial charge on any atom is 0.338 e. The Balaban J connectivity index is 2.32. The second-order valence-corrected chi connectivity index (χ2v) is 4.21. The summed E-state index contributed by atoms with van der Waals surface area (Å²) in [6.07, 6.45) is 0.880. The Labute approximate surface area is 95.0 Å². The fraction of sp³-hybridized carbons (Fsp3) is 0.818. The number of carbonyl (C=O) groups is 2. The minimum absolute atomic E-state index is 0.0774. The Morgan fingerprint density at radius 3 is 2.69 bits per heavy atom. The van der Waals surface area contributed by atoms with Crippen molar-refractivity contribution in [2.75, 3.05) is 6.61 Å². The van der Waals surface area contributed by atoms with Crippen molar-refractivity contribution in [2.45, 2.75) is 51.9 Å². The summed E-state index contributed by atoms with van der Waals surface area (Å²) in [4.78, 5) is 22.6. The number of rotatable bonds is 5. The third-order valence-electron chi connectivity index (χ3n) is 2.15. The third-order valence-corrected chi connectivity index (χ3v) is 2.15. The molecule has 0 bridgehead atoms. The van der Waals surface area contributed by atoms with Crippen LogP contribution >= 0.6 is 0 Å². The highest BCUT2D eigenvalue weighted by Gasteiger charge is 2.42. The Kier molecular flexibility index (Phi) is 4.29. The standard InChI is InChI=1S/C11H18O5/c1-4-5-6-14-9(12)7-8-10(13)16-11(2,3)15-8/h8H,4-7H2,1-3H3/t8-/m0/s1. The monoisotopic (exact) mass is 230 g/mol. The predicted octanol–water partition coefficient (Wildman–Crippen LogP) is 1.40. The van der Waals surface area contributed by atoms with Crippen molar-refractivity contribution in [3.05, 3.63) is 0 Å². The van der Waals surface area contributed by atoms with Crippen LogP contribution in [0.15, 0.2) is 0 Å². The van der Waals surface area contributed by atoms with Gasteiger partial charge in [-0.15, -0.1) is 0 Å². The van der Waals surface area contributed by atoms with Crippen LogP contribution in [0.25, 0.3) is 0 Å². The maximum absolute atomic E-state index is 11.3. The van der Waals surface area contributed by atoms with E-state index in [2.05, 4.69) is 0 Å². The zero-order valence-corrected chi connectivity index (χ0v) is 9.95. The molecule has 1 saturated heterocycles. The lowest BCUT2D eigenvalue weighted by Gasteiger charge is -2.14. The molecule has 5 heteroatoms. The number of hydrogen-bond donors (Lipinski definition) is 0. The lowest BCUT2D eigenvalue weighted by atomic mass is 10.2. The first-order chi connectivity index (χ1) is 7.44. The zero-order chi connectivity index (χ0) is 12.2. The number of carbonyl (C=O) groups excluding carboxylic acids is 2. The summed E-state index contributed by atoms with van der Waals surface area (Å²) in [6, 6.07) is 0. The molecule has 0 amide bonds. The number of esters is 2. The average molecular weight is 230 g/mol. The molecule has 0 aromatic heterocycles. The summed E-state index contributed by atoms with van der Waals surface area (Å²) in [5, 5.41) is 0. The quantitative estimate of drug-likeness (QED) is 0.527. The smallest absolute Gasteiger partial charge is 0.338 e. The molecule has 0 unspecified atom stereocenters. The average Bonchev–Trinajstić information content (AvgIpc) is 2.40. The van der Waals surface area contributed by atoms with Gasteiger partial charge in [-0.2, -0.15) is 0 Å². The first-order valence-corrected chi connectivity index (χ1v) is 5.51. The minimum Gasteiger partial charge on any atom is -0.466 e. The van der Waals surface area contributed by atoms with Crippen molar-refractivity contribution in [3.63, 3.8) is 0 Å². The van der Waals surface area contributed by atoms with E-state index in [0.29, 0.717) is 6.61 Å². The second kappa shape index (κ2) is 5.30. The number of ether oxygens (including phenoxy) is 3. The van der Waals surface area contributed by atoms with Crippen LogP contribution in [0.1, 0.15) is 40.0 Å². The molecule has 1 aliphatic heterocycles. The van der Waals surface area contributed by atoms with E-state index >= 15 is 0 Å². The number of unbranched alkanes of at least 4 members (excludes halogenated alkanes) is 1. The van der Waals surface area contributed by atoms with Crippen molar-refractivity contribution in [1.82, 2.24) is 0 Å². The predicted molar refractivity (Wildman–Crippen MR) is 55.5 cm³/mol. The van der Waals surface area contributed by atoms with Gasteiger partial charge in [0.05, 0.1) is 13.0 Å². The van der Waals surface area contributed by atoms with Gasteiger partial charge in [-0.25, -0.2) is 4.79 Å². The van der Waals surface area contributed by atoms with Crippen molar-refractivity contribution in [1.29, 1.82) is 0 Å². The first kappa shape index (κ1) is 13.0. The van der Waals surface area contributed by atoms with Crippen LogP contribution in [0.4, 0.5) is 0 Å². The molecule has 1 fully saturated rings. The molecule has 1 atom stereocenters. The molecule has 0 N–H and O–H groups in total. The zero-order valence-electron chi connectivity index (χ0n) is 9.95. The van der Waals surface area contributed by atoms with Gasteiger partial charge < -0.3 is 14.2 Å². The molecule has 1 aliphatic rings. The van der Waals surface area contributed by atoms with Crippen LogP contribution in [-0.2, 0) is 23.8 Å². The fourth-order valence-electron chi connectivity index (χ4n) is 1.39. The van der Waals surface area contributed by atoms with Gasteiger partial charge in [-0.3, -0.25) is 4.79 Å². The van der Waals surface area contributed by atoms with Gasteiger partial charge in [0.15, 0.2) is 6.10 Å². The summed E-state index contributed by atoms with van der Waals surface area (Å²) in [5.74, 6) is -1.86. The van der Waals surface area contributed by atoms with Gasteiger partial charge in [0, 0.05) is 13.8 Å². The van der Waals surface area contributed by atoms with Gasteiger partial charge in [-0.1, -0.05) is 13.3 Å². The molecule has 1 heterocycles. The molecule has 0 aromatic rings. The first-order valence-electron chi connectivity index (χ1n) is 5.51. The molecule has 0 spiro atoms. The highest BCUT2D eigenvalue weighted by molar-refractivity contribution is 5.83. The molecule has 5 nitrogen and oxygen atoms in total. The second-order valence-electron chi connectivity index (χ2n) is 4.21. The molecule has 0 aliphatic carbocycles. The van der Waals surface area contributed by atoms with Crippen molar-refractivity contribution in [3.8, 4) is 0 Å². The number of cyclic esters (lactones) is 1. The summed E-state index contributed by atoms with van der Waals surface area (Å²) in [6.45, 7) is 5.66. The van der Waals surface area contributed by atoms with Crippen molar-refractivity contribution >= 4 is 11.9 Å². The largest absolute Gasteiger partial charge is 0.466 e. The molecule has 0 radical (unpaired) electrons. The van der Waals surface area contributed by atoms with Gasteiger partial charge in [0.2, 0.25) is 5.79 Å². The Bertz CT molecular complexity index is 272. The van der Waals surface area contributed by atoms with Crippen LogP contribution < -0.4 is 0 Å². The Hall–Kier alpha value is -1.10. The van der Waals surface area contributed by atoms with E-state index in [1.165, 1.54) is 0 Å². The van der Waals surface area contributed by atoms with E-state index in [-0.39, 0.29) is 6.42 Å². The molecule has 0 saturated carbocycles. The van der Waals surface area contributed by atoms with Crippen molar-refractivity contribution in [2.24, 2.45) is 0 Å². The molecule has 92 valence electrons. The lowest BCUT2D eigenvalue weighted by molar-refractivity contribution is -0.161. The van der Waals surface area contributed by atoms with E-state index in [1.807, 2.05) is 6.92 Å². The van der Waals surface area contributed by atoms with Crippen molar-refractivity contribution < 1.29 is 23.8 Å². The molecule has 1 rings (SSSR count). The van der Waals surface area contributed by atoms with Crippen LogP contribution in [0.5, 0.6) is 0 Å².